The van der Waals surface area contributed by atoms with E-state index in [-0.39, 0.29) is 0 Å². The van der Waals surface area contributed by atoms with Gasteiger partial charge in [-0.3, -0.25) is 0 Å². The first-order chi connectivity index (χ1) is 9.35. The Morgan fingerprint density at radius 2 is 2.00 bits per heavy atom. The molecular formula is C14H16N2O3. The lowest BCUT2D eigenvalue weighted by Crippen LogP contribution is -2.15. The number of aryl methyl sites for hydroxylation is 2. The molecule has 0 radical (unpaired) electrons. The molecule has 5 nitrogen and oxygen atoms in total. The Morgan fingerprint density at radius 3 is 2.79 bits per heavy atom. The van der Waals surface area contributed by atoms with E-state index in [1.807, 2.05) is 12.1 Å². The zero-order valence-electron chi connectivity index (χ0n) is 10.8. The molecule has 1 aromatic heterocycles. The zero-order valence-corrected chi connectivity index (χ0v) is 10.8. The normalized spacial score (nSPS) is 13.3. The predicted octanol–water partition coefficient (Wildman–Crippen LogP) is 2.27. The van der Waals surface area contributed by atoms with Crippen molar-refractivity contribution in [3.05, 3.63) is 35.7 Å². The average molecular weight is 260 g/mol. The third kappa shape index (κ3) is 2.65. The highest BCUT2D eigenvalue weighted by Crippen LogP contribution is 2.31. The van der Waals surface area contributed by atoms with Crippen LogP contribution >= 0.6 is 0 Å². The molecule has 1 aliphatic heterocycles. The van der Waals surface area contributed by atoms with E-state index in [2.05, 4.69) is 16.4 Å². The summed E-state index contributed by atoms with van der Waals surface area (Å²) in [4.78, 5) is 4.09. The molecule has 100 valence electrons. The fourth-order valence-corrected chi connectivity index (χ4v) is 2.05. The van der Waals surface area contributed by atoms with Crippen molar-refractivity contribution in [3.8, 4) is 11.5 Å². The van der Waals surface area contributed by atoms with Gasteiger partial charge in [-0.1, -0.05) is 6.07 Å². The Labute approximate surface area is 111 Å². The Kier molecular flexibility index (Phi) is 3.27. The van der Waals surface area contributed by atoms with Gasteiger partial charge in [0, 0.05) is 13.5 Å². The molecule has 0 saturated carbocycles. The molecule has 2 heterocycles. The number of hydrogen-bond donors (Lipinski definition) is 1. The van der Waals surface area contributed by atoms with Crippen molar-refractivity contribution in [3.63, 3.8) is 0 Å². The summed E-state index contributed by atoms with van der Waals surface area (Å²) in [5, 5.41) is 2.87. The molecule has 1 aliphatic rings. The Bertz CT molecular complexity index is 566. The van der Waals surface area contributed by atoms with Gasteiger partial charge >= 0.3 is 0 Å². The van der Waals surface area contributed by atoms with Gasteiger partial charge in [-0.15, -0.1) is 0 Å². The summed E-state index contributed by atoms with van der Waals surface area (Å²) < 4.78 is 16.6. The number of anilines is 1. The molecule has 0 bridgehead atoms. The molecular weight excluding hydrogens is 244 g/mol. The van der Waals surface area contributed by atoms with Crippen LogP contribution in [0.1, 0.15) is 11.3 Å². The minimum Gasteiger partial charge on any atom is -0.486 e. The van der Waals surface area contributed by atoms with Crippen molar-refractivity contribution in [1.82, 2.24) is 4.98 Å². The highest BCUT2D eigenvalue weighted by Gasteiger charge is 2.12. The van der Waals surface area contributed by atoms with Crippen molar-refractivity contribution >= 4 is 6.01 Å². The molecule has 0 aliphatic carbocycles. The fraction of sp³-hybridized carbons (Fsp3) is 0.357. The molecule has 5 heteroatoms. The second kappa shape index (κ2) is 5.22. The molecule has 19 heavy (non-hydrogen) atoms. The lowest BCUT2D eigenvalue weighted by atomic mass is 10.1. The van der Waals surface area contributed by atoms with Gasteiger partial charge < -0.3 is 19.2 Å². The van der Waals surface area contributed by atoms with E-state index in [4.69, 9.17) is 13.9 Å². The zero-order chi connectivity index (χ0) is 13.1. The second-order valence-corrected chi connectivity index (χ2v) is 4.36. The molecule has 0 amide bonds. The number of fused-ring (bicyclic) bond motifs is 1. The molecule has 0 fully saturated rings. The molecule has 2 aromatic rings. The summed E-state index contributed by atoms with van der Waals surface area (Å²) in [5.41, 5.74) is 1.20. The minimum absolute atomic E-state index is 0.553. The lowest BCUT2D eigenvalue weighted by molar-refractivity contribution is 0.171. The van der Waals surface area contributed by atoms with Crippen LogP contribution in [-0.4, -0.2) is 25.2 Å². The summed E-state index contributed by atoms with van der Waals surface area (Å²) in [6.45, 7) is 1.24. The number of nitrogens with one attached hydrogen (secondary N) is 1. The van der Waals surface area contributed by atoms with E-state index >= 15 is 0 Å². The van der Waals surface area contributed by atoms with Gasteiger partial charge in [-0.25, -0.2) is 4.98 Å². The van der Waals surface area contributed by atoms with Crippen LogP contribution < -0.4 is 14.8 Å². The molecule has 0 atom stereocenters. The highest BCUT2D eigenvalue weighted by atomic mass is 16.6. The number of benzene rings is 1. The van der Waals surface area contributed by atoms with Gasteiger partial charge in [-0.2, -0.15) is 0 Å². The molecule has 0 spiro atoms. The summed E-state index contributed by atoms with van der Waals surface area (Å²) in [7, 11) is 1.79. The standard InChI is InChI=1S/C14H16N2O3/c1-15-14-16-9-11(19-14)4-2-10-3-5-12-13(8-10)18-7-6-17-12/h3,5,8-9H,2,4,6-7H2,1H3,(H,15,16). The Balaban J connectivity index is 1.66. The molecule has 1 aromatic carbocycles. The first-order valence-corrected chi connectivity index (χ1v) is 6.36. The van der Waals surface area contributed by atoms with Gasteiger partial charge in [0.05, 0.1) is 6.20 Å². The maximum Gasteiger partial charge on any atom is 0.294 e. The Morgan fingerprint density at radius 1 is 1.16 bits per heavy atom. The van der Waals surface area contributed by atoms with Gasteiger partial charge in [0.25, 0.3) is 6.01 Å². The van der Waals surface area contributed by atoms with Crippen LogP contribution in [0.5, 0.6) is 11.5 Å². The summed E-state index contributed by atoms with van der Waals surface area (Å²) >= 11 is 0. The third-order valence-electron chi connectivity index (χ3n) is 3.03. The fourth-order valence-electron chi connectivity index (χ4n) is 2.05. The Hall–Kier alpha value is -2.17. The van der Waals surface area contributed by atoms with Crippen molar-refractivity contribution in [2.45, 2.75) is 12.8 Å². The summed E-state index contributed by atoms with van der Waals surface area (Å²) in [6.07, 6.45) is 3.45. The predicted molar refractivity (Wildman–Crippen MR) is 70.9 cm³/mol. The number of ether oxygens (including phenoxy) is 2. The van der Waals surface area contributed by atoms with Crippen LogP contribution in [-0.2, 0) is 12.8 Å². The van der Waals surface area contributed by atoms with Crippen LogP contribution in [0.15, 0.2) is 28.8 Å². The van der Waals surface area contributed by atoms with Crippen LogP contribution in [0, 0.1) is 0 Å². The quantitative estimate of drug-likeness (QED) is 0.914. The van der Waals surface area contributed by atoms with Gasteiger partial charge in [0.15, 0.2) is 11.5 Å². The van der Waals surface area contributed by atoms with E-state index in [1.54, 1.807) is 13.2 Å². The van der Waals surface area contributed by atoms with Crippen molar-refractivity contribution < 1.29 is 13.9 Å². The number of oxazole rings is 1. The minimum atomic E-state index is 0.553. The average Bonchev–Trinajstić information content (AvgIpc) is 2.93. The number of nitrogens with zero attached hydrogens (tertiary/aromatic N) is 1. The molecule has 1 N–H and O–H groups in total. The van der Waals surface area contributed by atoms with E-state index in [1.165, 1.54) is 5.56 Å². The smallest absolute Gasteiger partial charge is 0.294 e. The van der Waals surface area contributed by atoms with E-state index in [0.29, 0.717) is 19.2 Å². The van der Waals surface area contributed by atoms with Crippen LogP contribution in [0.3, 0.4) is 0 Å². The number of hydrogen-bond acceptors (Lipinski definition) is 5. The molecule has 0 saturated heterocycles. The largest absolute Gasteiger partial charge is 0.486 e. The van der Waals surface area contributed by atoms with Crippen LogP contribution in [0.25, 0.3) is 0 Å². The van der Waals surface area contributed by atoms with E-state index in [9.17, 15) is 0 Å². The summed E-state index contributed by atoms with van der Waals surface area (Å²) in [6, 6.07) is 6.60. The lowest BCUT2D eigenvalue weighted by Gasteiger charge is -2.18. The van der Waals surface area contributed by atoms with Gasteiger partial charge in [0.1, 0.15) is 19.0 Å². The maximum atomic E-state index is 5.57. The highest BCUT2D eigenvalue weighted by molar-refractivity contribution is 5.43. The van der Waals surface area contributed by atoms with Crippen LogP contribution in [0.4, 0.5) is 6.01 Å². The number of aromatic nitrogens is 1. The monoisotopic (exact) mass is 260 g/mol. The topological polar surface area (TPSA) is 56.5 Å². The van der Waals surface area contributed by atoms with Crippen molar-refractivity contribution in [1.29, 1.82) is 0 Å². The van der Waals surface area contributed by atoms with E-state index in [0.717, 1.165) is 30.1 Å². The van der Waals surface area contributed by atoms with E-state index < -0.39 is 0 Å². The van der Waals surface area contributed by atoms with Crippen molar-refractivity contribution in [2.75, 3.05) is 25.6 Å². The first-order valence-electron chi connectivity index (χ1n) is 6.36. The van der Waals surface area contributed by atoms with Crippen molar-refractivity contribution in [2.24, 2.45) is 0 Å². The maximum absolute atomic E-state index is 5.57. The molecule has 0 unspecified atom stereocenters. The summed E-state index contributed by atoms with van der Waals surface area (Å²) in [5.74, 6) is 2.53. The third-order valence-corrected chi connectivity index (χ3v) is 3.03. The SMILES string of the molecule is CNc1ncc(CCc2ccc3c(c2)OCCO3)o1. The van der Waals surface area contributed by atoms with Crippen LogP contribution in [0.2, 0.25) is 0 Å². The second-order valence-electron chi connectivity index (χ2n) is 4.36. The van der Waals surface area contributed by atoms with Gasteiger partial charge in [-0.05, 0) is 24.1 Å². The number of rotatable bonds is 4. The molecule has 3 rings (SSSR count). The first kappa shape index (κ1) is 11.9. The van der Waals surface area contributed by atoms with Gasteiger partial charge in [0.2, 0.25) is 0 Å².